The van der Waals surface area contributed by atoms with Gasteiger partial charge in [-0.25, -0.2) is 4.98 Å². The van der Waals surface area contributed by atoms with E-state index in [0.29, 0.717) is 16.5 Å². The van der Waals surface area contributed by atoms with Gasteiger partial charge in [-0.2, -0.15) is 0 Å². The summed E-state index contributed by atoms with van der Waals surface area (Å²) >= 11 is 6.27. The molecule has 2 aromatic rings. The van der Waals surface area contributed by atoms with Crippen LogP contribution in [0, 0.1) is 0 Å². The summed E-state index contributed by atoms with van der Waals surface area (Å²) in [5, 5.41) is 3.85. The second kappa shape index (κ2) is 6.38. The van der Waals surface area contributed by atoms with Gasteiger partial charge in [0.25, 0.3) is 0 Å². The summed E-state index contributed by atoms with van der Waals surface area (Å²) in [6.45, 7) is 2.93. The van der Waals surface area contributed by atoms with Gasteiger partial charge in [-0.1, -0.05) is 24.6 Å². The molecule has 1 aromatic carbocycles. The van der Waals surface area contributed by atoms with Crippen molar-refractivity contribution >= 4 is 17.4 Å². The predicted octanol–water partition coefficient (Wildman–Crippen LogP) is 3.63. The molecule has 19 heavy (non-hydrogen) atoms. The van der Waals surface area contributed by atoms with Crippen LogP contribution in [0.15, 0.2) is 30.6 Å². The monoisotopic (exact) mass is 277 g/mol. The van der Waals surface area contributed by atoms with E-state index < -0.39 is 0 Å². The minimum absolute atomic E-state index is 0.597. The number of nitrogens with one attached hydrogen (secondary N) is 1. The van der Waals surface area contributed by atoms with E-state index in [1.165, 1.54) is 0 Å². The zero-order valence-corrected chi connectivity index (χ0v) is 11.7. The maximum absolute atomic E-state index is 6.27. The molecule has 0 fully saturated rings. The Kier molecular flexibility index (Phi) is 4.58. The fourth-order valence-electron chi connectivity index (χ4n) is 1.80. The quantitative estimate of drug-likeness (QED) is 0.907. The summed E-state index contributed by atoms with van der Waals surface area (Å²) in [6, 6.07) is 5.53. The number of halogens is 1. The van der Waals surface area contributed by atoms with Crippen molar-refractivity contribution in [1.82, 2.24) is 9.97 Å². The molecule has 0 amide bonds. The van der Waals surface area contributed by atoms with Gasteiger partial charge in [0.15, 0.2) is 5.82 Å². The maximum Gasteiger partial charge on any atom is 0.152 e. The first-order chi connectivity index (χ1) is 9.27. The van der Waals surface area contributed by atoms with Crippen molar-refractivity contribution in [3.8, 4) is 17.0 Å². The highest BCUT2D eigenvalue weighted by atomic mass is 35.5. The predicted molar refractivity (Wildman–Crippen MR) is 77.8 cm³/mol. The minimum atomic E-state index is 0.597. The van der Waals surface area contributed by atoms with Crippen molar-refractivity contribution in [2.24, 2.45) is 0 Å². The second-order valence-corrected chi connectivity index (χ2v) is 4.40. The van der Waals surface area contributed by atoms with Crippen molar-refractivity contribution in [3.63, 3.8) is 0 Å². The summed E-state index contributed by atoms with van der Waals surface area (Å²) in [4.78, 5) is 8.70. The molecular weight excluding hydrogens is 262 g/mol. The van der Waals surface area contributed by atoms with Crippen LogP contribution >= 0.6 is 11.6 Å². The number of hydrogen-bond acceptors (Lipinski definition) is 4. The van der Waals surface area contributed by atoms with Crippen LogP contribution in [0.1, 0.15) is 13.3 Å². The highest BCUT2D eigenvalue weighted by Gasteiger charge is 2.15. The van der Waals surface area contributed by atoms with Gasteiger partial charge in [0, 0.05) is 18.9 Å². The Morgan fingerprint density at radius 2 is 2.05 bits per heavy atom. The molecule has 100 valence electrons. The zero-order chi connectivity index (χ0) is 13.7. The van der Waals surface area contributed by atoms with Gasteiger partial charge in [-0.05, 0) is 18.6 Å². The van der Waals surface area contributed by atoms with Crippen LogP contribution in [0.5, 0.6) is 5.75 Å². The van der Waals surface area contributed by atoms with Gasteiger partial charge in [-0.15, -0.1) is 0 Å². The molecule has 0 atom stereocenters. The number of methoxy groups -OCH3 is 1. The molecule has 4 nitrogen and oxygen atoms in total. The van der Waals surface area contributed by atoms with E-state index in [1.54, 1.807) is 19.5 Å². The van der Waals surface area contributed by atoms with Gasteiger partial charge >= 0.3 is 0 Å². The molecule has 0 aliphatic carbocycles. The Hall–Kier alpha value is -1.81. The van der Waals surface area contributed by atoms with E-state index >= 15 is 0 Å². The van der Waals surface area contributed by atoms with Crippen LogP contribution in [0.2, 0.25) is 5.02 Å². The van der Waals surface area contributed by atoms with Crippen molar-refractivity contribution in [2.45, 2.75) is 13.3 Å². The minimum Gasteiger partial charge on any atom is -0.496 e. The van der Waals surface area contributed by atoms with E-state index in [-0.39, 0.29) is 0 Å². The summed E-state index contributed by atoms with van der Waals surface area (Å²) in [5.41, 5.74) is 1.47. The topological polar surface area (TPSA) is 47.0 Å². The summed E-state index contributed by atoms with van der Waals surface area (Å²) < 4.78 is 5.36. The average molecular weight is 278 g/mol. The lowest BCUT2D eigenvalue weighted by Crippen LogP contribution is -2.05. The third kappa shape index (κ3) is 2.96. The third-order valence-corrected chi connectivity index (χ3v) is 2.99. The first-order valence-corrected chi connectivity index (χ1v) is 6.53. The largest absolute Gasteiger partial charge is 0.496 e. The maximum atomic E-state index is 6.27. The number of rotatable bonds is 5. The van der Waals surface area contributed by atoms with Gasteiger partial charge in [0.05, 0.1) is 17.7 Å². The first-order valence-electron chi connectivity index (χ1n) is 6.15. The zero-order valence-electron chi connectivity index (χ0n) is 11.0. The van der Waals surface area contributed by atoms with E-state index in [2.05, 4.69) is 22.2 Å². The van der Waals surface area contributed by atoms with Gasteiger partial charge < -0.3 is 10.1 Å². The van der Waals surface area contributed by atoms with Crippen LogP contribution in [-0.4, -0.2) is 23.6 Å². The lowest BCUT2D eigenvalue weighted by molar-refractivity contribution is 0.416. The Balaban J connectivity index is 2.52. The number of aromatic nitrogens is 2. The average Bonchev–Trinajstić information content (AvgIpc) is 2.45. The highest BCUT2D eigenvalue weighted by molar-refractivity contribution is 6.33. The number of nitrogens with zero attached hydrogens (tertiary/aromatic N) is 2. The highest BCUT2D eigenvalue weighted by Crippen LogP contribution is 2.37. The summed E-state index contributed by atoms with van der Waals surface area (Å²) in [5.74, 6) is 1.41. The Bertz CT molecular complexity index is 560. The van der Waals surface area contributed by atoms with Crippen molar-refractivity contribution in [1.29, 1.82) is 0 Å². The van der Waals surface area contributed by atoms with Crippen molar-refractivity contribution in [2.75, 3.05) is 19.0 Å². The number of ether oxygens (including phenoxy) is 1. The molecule has 0 aliphatic rings. The van der Waals surface area contributed by atoms with E-state index in [0.717, 1.165) is 24.3 Å². The molecule has 0 aliphatic heterocycles. The number of benzene rings is 1. The fraction of sp³-hybridized carbons (Fsp3) is 0.286. The lowest BCUT2D eigenvalue weighted by atomic mass is 10.1. The number of anilines is 1. The van der Waals surface area contributed by atoms with Crippen molar-refractivity contribution in [3.05, 3.63) is 35.6 Å². The summed E-state index contributed by atoms with van der Waals surface area (Å²) in [6.07, 6.45) is 4.32. The standard InChI is InChI=1S/C14H16ClN3O/c1-3-7-17-14-13(16-8-9-18-14)12-10(15)5-4-6-11(12)19-2/h4-6,8-9H,3,7H2,1-2H3,(H,17,18). The van der Waals surface area contributed by atoms with E-state index in [1.807, 2.05) is 18.2 Å². The molecule has 0 radical (unpaired) electrons. The lowest BCUT2D eigenvalue weighted by Gasteiger charge is -2.13. The Morgan fingerprint density at radius 3 is 2.79 bits per heavy atom. The van der Waals surface area contributed by atoms with Crippen LogP contribution in [-0.2, 0) is 0 Å². The molecule has 5 heteroatoms. The van der Waals surface area contributed by atoms with E-state index in [4.69, 9.17) is 16.3 Å². The van der Waals surface area contributed by atoms with Crippen LogP contribution in [0.25, 0.3) is 11.3 Å². The van der Waals surface area contributed by atoms with Gasteiger partial charge in [0.1, 0.15) is 11.4 Å². The molecule has 1 N–H and O–H groups in total. The fourth-order valence-corrected chi connectivity index (χ4v) is 2.05. The van der Waals surface area contributed by atoms with Gasteiger partial charge in [0.2, 0.25) is 0 Å². The molecular formula is C14H16ClN3O. The van der Waals surface area contributed by atoms with Crippen LogP contribution in [0.4, 0.5) is 5.82 Å². The van der Waals surface area contributed by atoms with Crippen LogP contribution in [0.3, 0.4) is 0 Å². The first kappa shape index (κ1) is 13.6. The third-order valence-electron chi connectivity index (χ3n) is 2.67. The SMILES string of the molecule is CCCNc1nccnc1-c1c(Cl)cccc1OC. The summed E-state index contributed by atoms with van der Waals surface area (Å²) in [7, 11) is 1.62. The molecule has 0 bridgehead atoms. The normalized spacial score (nSPS) is 10.3. The molecule has 2 rings (SSSR count). The van der Waals surface area contributed by atoms with Crippen molar-refractivity contribution < 1.29 is 4.74 Å². The molecule has 1 aromatic heterocycles. The molecule has 0 saturated heterocycles. The molecule has 1 heterocycles. The molecule has 0 unspecified atom stereocenters. The Labute approximate surface area is 117 Å². The van der Waals surface area contributed by atoms with Crippen LogP contribution < -0.4 is 10.1 Å². The number of hydrogen-bond donors (Lipinski definition) is 1. The smallest absolute Gasteiger partial charge is 0.152 e. The van der Waals surface area contributed by atoms with Gasteiger partial charge in [-0.3, -0.25) is 4.98 Å². The Morgan fingerprint density at radius 1 is 1.26 bits per heavy atom. The second-order valence-electron chi connectivity index (χ2n) is 4.00. The molecule has 0 spiro atoms. The van der Waals surface area contributed by atoms with E-state index in [9.17, 15) is 0 Å². The molecule has 0 saturated carbocycles.